The molecule has 0 radical (unpaired) electrons. The maximum atomic E-state index is 12.7. The van der Waals surface area contributed by atoms with Gasteiger partial charge in [-0.2, -0.15) is 0 Å². The highest BCUT2D eigenvalue weighted by Crippen LogP contribution is 2.27. The third-order valence-electron chi connectivity index (χ3n) is 3.84. The number of imide groups is 2. The molecule has 7 nitrogen and oxygen atoms in total. The Morgan fingerprint density at radius 2 is 1.87 bits per heavy atom. The minimum Gasteiger partial charge on any atom is -0.497 e. The first-order valence-electron chi connectivity index (χ1n) is 7.38. The van der Waals surface area contributed by atoms with Crippen LogP contribution in [0.3, 0.4) is 0 Å². The summed E-state index contributed by atoms with van der Waals surface area (Å²) < 4.78 is 5.06. The number of methoxy groups -OCH3 is 1. The lowest BCUT2D eigenvalue weighted by atomic mass is 9.99. The molecule has 23 heavy (non-hydrogen) atoms. The van der Waals surface area contributed by atoms with E-state index in [0.717, 1.165) is 17.7 Å². The van der Waals surface area contributed by atoms with Crippen LogP contribution in [0.2, 0.25) is 0 Å². The lowest BCUT2D eigenvalue weighted by molar-refractivity contribution is -0.131. The number of aliphatic imine (C=N–C) groups is 1. The maximum absolute atomic E-state index is 12.7. The fourth-order valence-electron chi connectivity index (χ4n) is 2.49. The summed E-state index contributed by atoms with van der Waals surface area (Å²) in [6.07, 6.45) is 1.95. The predicted octanol–water partition coefficient (Wildman–Crippen LogP) is 1.52. The van der Waals surface area contributed by atoms with Gasteiger partial charge in [0.25, 0.3) is 5.91 Å². The van der Waals surface area contributed by atoms with E-state index in [1.54, 1.807) is 31.2 Å². The molecule has 1 aliphatic carbocycles. The number of hydrogen-bond donors (Lipinski definition) is 1. The average molecular weight is 315 g/mol. The molecule has 1 saturated heterocycles. The first-order chi connectivity index (χ1) is 11.0. The Balaban J connectivity index is 1.90. The molecule has 0 aromatic heterocycles. The van der Waals surface area contributed by atoms with Gasteiger partial charge in [-0.1, -0.05) is 0 Å². The number of nitrogens with one attached hydrogen (secondary N) is 1. The van der Waals surface area contributed by atoms with E-state index in [1.165, 1.54) is 7.11 Å². The third-order valence-corrected chi connectivity index (χ3v) is 3.84. The molecule has 1 atom stereocenters. The number of amides is 4. The van der Waals surface area contributed by atoms with Crippen molar-refractivity contribution in [3.63, 3.8) is 0 Å². The van der Waals surface area contributed by atoms with Crippen LogP contribution in [0.5, 0.6) is 5.75 Å². The van der Waals surface area contributed by atoms with Crippen LogP contribution in [0.25, 0.3) is 0 Å². The fourth-order valence-corrected chi connectivity index (χ4v) is 2.49. The molecule has 0 bridgehead atoms. The minimum atomic E-state index is -1.06. The molecular weight excluding hydrogens is 298 g/mol. The molecule has 1 aliphatic heterocycles. The SMILES string of the molecule is COc1ccc(N2C(=O)NC(=O)C(C(C)=NC3CC3)C2=O)cc1. The van der Waals surface area contributed by atoms with Crippen molar-refractivity contribution < 1.29 is 19.1 Å². The molecule has 2 aliphatic rings. The number of urea groups is 1. The van der Waals surface area contributed by atoms with Gasteiger partial charge < -0.3 is 4.74 Å². The quantitative estimate of drug-likeness (QED) is 0.674. The second-order valence-electron chi connectivity index (χ2n) is 5.60. The van der Waals surface area contributed by atoms with Crippen LogP contribution in [-0.2, 0) is 9.59 Å². The van der Waals surface area contributed by atoms with Gasteiger partial charge in [0, 0.05) is 5.71 Å². The highest BCUT2D eigenvalue weighted by molar-refractivity contribution is 6.35. The number of hydrogen-bond acceptors (Lipinski definition) is 5. The van der Waals surface area contributed by atoms with Gasteiger partial charge in [-0.3, -0.25) is 19.9 Å². The van der Waals surface area contributed by atoms with E-state index in [-0.39, 0.29) is 6.04 Å². The predicted molar refractivity (Wildman–Crippen MR) is 83.6 cm³/mol. The monoisotopic (exact) mass is 315 g/mol. The number of rotatable bonds is 4. The first kappa shape index (κ1) is 15.2. The van der Waals surface area contributed by atoms with Gasteiger partial charge in [-0.05, 0) is 44.0 Å². The number of ether oxygens (including phenoxy) is 1. The zero-order chi connectivity index (χ0) is 16.6. The Bertz CT molecular complexity index is 692. The molecule has 3 rings (SSSR count). The Hall–Kier alpha value is -2.70. The Labute approximate surface area is 133 Å². The molecule has 1 aromatic carbocycles. The largest absolute Gasteiger partial charge is 0.497 e. The number of carbonyl (C=O) groups excluding carboxylic acids is 3. The first-order valence-corrected chi connectivity index (χ1v) is 7.38. The van der Waals surface area contributed by atoms with E-state index in [9.17, 15) is 14.4 Å². The summed E-state index contributed by atoms with van der Waals surface area (Å²) in [5, 5.41) is 2.23. The van der Waals surface area contributed by atoms with Crippen molar-refractivity contribution >= 4 is 29.2 Å². The molecule has 1 saturated carbocycles. The highest BCUT2D eigenvalue weighted by Gasteiger charge is 2.43. The van der Waals surface area contributed by atoms with E-state index in [1.807, 2.05) is 0 Å². The smallest absolute Gasteiger partial charge is 0.335 e. The van der Waals surface area contributed by atoms with Gasteiger partial charge in [0.05, 0.1) is 18.8 Å². The van der Waals surface area contributed by atoms with Crippen LogP contribution in [-0.4, -0.2) is 36.7 Å². The zero-order valence-corrected chi connectivity index (χ0v) is 12.9. The summed E-state index contributed by atoms with van der Waals surface area (Å²) in [5.74, 6) is -1.65. The second kappa shape index (κ2) is 5.83. The van der Waals surface area contributed by atoms with Crippen LogP contribution < -0.4 is 15.0 Å². The van der Waals surface area contributed by atoms with Gasteiger partial charge in [0.1, 0.15) is 5.75 Å². The highest BCUT2D eigenvalue weighted by atomic mass is 16.5. The van der Waals surface area contributed by atoms with Gasteiger partial charge in [0.2, 0.25) is 5.91 Å². The van der Waals surface area contributed by atoms with Crippen LogP contribution in [0.4, 0.5) is 10.5 Å². The van der Waals surface area contributed by atoms with Crippen molar-refractivity contribution in [2.24, 2.45) is 10.9 Å². The molecule has 0 spiro atoms. The fraction of sp³-hybridized carbons (Fsp3) is 0.375. The van der Waals surface area contributed by atoms with Crippen LogP contribution >= 0.6 is 0 Å². The second-order valence-corrected chi connectivity index (χ2v) is 5.60. The molecular formula is C16H17N3O4. The molecule has 120 valence electrons. The Kier molecular flexibility index (Phi) is 3.85. The number of benzene rings is 1. The van der Waals surface area contributed by atoms with Gasteiger partial charge in [-0.25, -0.2) is 9.69 Å². The van der Waals surface area contributed by atoms with Crippen molar-refractivity contribution in [2.75, 3.05) is 12.0 Å². The van der Waals surface area contributed by atoms with Crippen molar-refractivity contribution in [3.05, 3.63) is 24.3 Å². The van der Waals surface area contributed by atoms with Crippen LogP contribution in [0, 0.1) is 5.92 Å². The van der Waals surface area contributed by atoms with Crippen LogP contribution in [0.1, 0.15) is 19.8 Å². The zero-order valence-electron chi connectivity index (χ0n) is 12.9. The van der Waals surface area contributed by atoms with Gasteiger partial charge in [-0.15, -0.1) is 0 Å². The van der Waals surface area contributed by atoms with Crippen molar-refractivity contribution in [2.45, 2.75) is 25.8 Å². The molecule has 4 amide bonds. The van der Waals surface area contributed by atoms with Crippen molar-refractivity contribution in [1.82, 2.24) is 5.32 Å². The maximum Gasteiger partial charge on any atom is 0.335 e. The summed E-state index contributed by atoms with van der Waals surface area (Å²) in [4.78, 5) is 42.1. The van der Waals surface area contributed by atoms with E-state index >= 15 is 0 Å². The molecule has 1 aromatic rings. The van der Waals surface area contributed by atoms with E-state index in [2.05, 4.69) is 10.3 Å². The summed E-state index contributed by atoms with van der Waals surface area (Å²) in [6, 6.07) is 5.93. The third kappa shape index (κ3) is 2.94. The van der Waals surface area contributed by atoms with Crippen molar-refractivity contribution in [1.29, 1.82) is 0 Å². The molecule has 1 N–H and O–H groups in total. The van der Waals surface area contributed by atoms with E-state index < -0.39 is 23.8 Å². The number of anilines is 1. The number of nitrogens with zero attached hydrogens (tertiary/aromatic N) is 2. The molecule has 1 heterocycles. The number of barbiturate groups is 1. The lowest BCUT2D eigenvalue weighted by Crippen LogP contribution is -2.60. The standard InChI is InChI=1S/C16H17N3O4/c1-9(17-10-3-4-10)13-14(20)18-16(22)19(15(13)21)11-5-7-12(23-2)8-6-11/h5-8,10,13H,3-4H2,1-2H3,(H,18,20,22). The topological polar surface area (TPSA) is 88.1 Å². The lowest BCUT2D eigenvalue weighted by Gasteiger charge is -2.30. The van der Waals surface area contributed by atoms with Crippen molar-refractivity contribution in [3.8, 4) is 5.75 Å². The molecule has 7 heteroatoms. The summed E-state index contributed by atoms with van der Waals surface area (Å²) in [7, 11) is 1.53. The van der Waals surface area contributed by atoms with Crippen LogP contribution in [0.15, 0.2) is 29.3 Å². The minimum absolute atomic E-state index is 0.197. The Morgan fingerprint density at radius 3 is 2.43 bits per heavy atom. The average Bonchev–Trinajstić information content (AvgIpc) is 3.31. The summed E-state index contributed by atoms with van der Waals surface area (Å²) >= 11 is 0. The Morgan fingerprint density at radius 1 is 1.22 bits per heavy atom. The van der Waals surface area contributed by atoms with E-state index in [4.69, 9.17) is 4.74 Å². The van der Waals surface area contributed by atoms with Gasteiger partial charge in [0.15, 0.2) is 5.92 Å². The molecule has 1 unspecified atom stereocenters. The van der Waals surface area contributed by atoms with Gasteiger partial charge >= 0.3 is 6.03 Å². The van der Waals surface area contributed by atoms with E-state index in [0.29, 0.717) is 17.1 Å². The summed E-state index contributed by atoms with van der Waals surface area (Å²) in [6.45, 7) is 1.66. The normalized spacial score (nSPS) is 22.2. The molecule has 2 fully saturated rings. The number of carbonyl (C=O) groups is 3. The summed E-state index contributed by atoms with van der Waals surface area (Å²) in [5.41, 5.74) is 0.825.